The first-order chi connectivity index (χ1) is 14.3. The molecule has 1 aromatic heterocycles. The van der Waals surface area contributed by atoms with Gasteiger partial charge in [-0.2, -0.15) is 0 Å². The third-order valence-corrected chi connectivity index (χ3v) is 6.10. The molecule has 0 aliphatic carbocycles. The van der Waals surface area contributed by atoms with Crippen molar-refractivity contribution < 1.29 is 4.79 Å². The number of nitrogens with zero attached hydrogens (tertiary/aromatic N) is 3. The van der Waals surface area contributed by atoms with Gasteiger partial charge in [-0.3, -0.25) is 9.69 Å². The molecule has 0 bridgehead atoms. The molecule has 2 heterocycles. The maximum atomic E-state index is 13.1. The van der Waals surface area contributed by atoms with E-state index >= 15 is 0 Å². The molecule has 1 aliphatic rings. The number of amides is 1. The predicted octanol–water partition coefficient (Wildman–Crippen LogP) is 4.35. The minimum Gasteiger partial charge on any atom is -0.336 e. The molecule has 29 heavy (non-hydrogen) atoms. The van der Waals surface area contributed by atoms with Gasteiger partial charge >= 0.3 is 0 Å². The van der Waals surface area contributed by atoms with Crippen LogP contribution in [-0.4, -0.2) is 53.1 Å². The molecule has 1 fully saturated rings. The van der Waals surface area contributed by atoms with E-state index in [4.69, 9.17) is 0 Å². The Morgan fingerprint density at radius 1 is 0.862 bits per heavy atom. The van der Waals surface area contributed by atoms with Gasteiger partial charge in [0.05, 0.1) is 11.6 Å². The van der Waals surface area contributed by atoms with E-state index in [9.17, 15) is 4.79 Å². The van der Waals surface area contributed by atoms with E-state index in [0.717, 1.165) is 31.2 Å². The Morgan fingerprint density at radius 3 is 2.00 bits per heavy atom. The minimum absolute atomic E-state index is 0.0815. The Balaban J connectivity index is 1.52. The predicted molar refractivity (Wildman–Crippen MR) is 118 cm³/mol. The zero-order chi connectivity index (χ0) is 20.1. The van der Waals surface area contributed by atoms with Crippen molar-refractivity contribution in [2.45, 2.75) is 11.1 Å². The second kappa shape index (κ2) is 9.25. The SMILES string of the molecule is CSc1ncccc1C(=O)N1CCN(C(c2ccccc2)c2ccccc2)CC1. The number of carbonyl (C=O) groups excluding carboxylic acids is 1. The second-order valence-electron chi connectivity index (χ2n) is 7.11. The molecule has 4 nitrogen and oxygen atoms in total. The highest BCUT2D eigenvalue weighted by atomic mass is 32.2. The number of hydrogen-bond acceptors (Lipinski definition) is 4. The molecule has 1 amide bonds. The van der Waals surface area contributed by atoms with Crippen molar-refractivity contribution in [2.24, 2.45) is 0 Å². The molecule has 4 rings (SSSR count). The number of rotatable bonds is 5. The summed E-state index contributed by atoms with van der Waals surface area (Å²) >= 11 is 1.52. The molecule has 0 N–H and O–H groups in total. The van der Waals surface area contributed by atoms with Gasteiger partial charge in [0, 0.05) is 32.4 Å². The Kier molecular flexibility index (Phi) is 6.27. The van der Waals surface area contributed by atoms with Crippen LogP contribution in [0.1, 0.15) is 27.5 Å². The van der Waals surface area contributed by atoms with E-state index in [1.807, 2.05) is 23.3 Å². The molecule has 0 radical (unpaired) electrons. The monoisotopic (exact) mass is 403 g/mol. The average Bonchev–Trinajstić information content (AvgIpc) is 2.81. The Labute approximate surface area is 176 Å². The van der Waals surface area contributed by atoms with Crippen LogP contribution in [0.3, 0.4) is 0 Å². The maximum Gasteiger partial charge on any atom is 0.256 e. The summed E-state index contributed by atoms with van der Waals surface area (Å²) in [5, 5.41) is 0.798. The van der Waals surface area contributed by atoms with E-state index in [0.29, 0.717) is 5.56 Å². The first kappa shape index (κ1) is 19.7. The first-order valence-corrected chi connectivity index (χ1v) is 11.1. The minimum atomic E-state index is 0.0815. The van der Waals surface area contributed by atoms with Crippen LogP contribution in [0.2, 0.25) is 0 Å². The van der Waals surface area contributed by atoms with Crippen LogP contribution in [0, 0.1) is 0 Å². The third-order valence-electron chi connectivity index (χ3n) is 5.39. The molecule has 0 atom stereocenters. The number of hydrogen-bond donors (Lipinski definition) is 0. The van der Waals surface area contributed by atoms with Gasteiger partial charge in [-0.05, 0) is 29.5 Å². The van der Waals surface area contributed by atoms with Crippen molar-refractivity contribution in [1.29, 1.82) is 0 Å². The van der Waals surface area contributed by atoms with Gasteiger partial charge < -0.3 is 4.90 Å². The van der Waals surface area contributed by atoms with Crippen LogP contribution in [-0.2, 0) is 0 Å². The van der Waals surface area contributed by atoms with Crippen molar-refractivity contribution in [2.75, 3.05) is 32.4 Å². The zero-order valence-corrected chi connectivity index (χ0v) is 17.4. The molecule has 1 aliphatic heterocycles. The molecular formula is C24H25N3OS. The fraction of sp³-hybridized carbons (Fsp3) is 0.250. The van der Waals surface area contributed by atoms with E-state index in [2.05, 4.69) is 70.5 Å². The fourth-order valence-electron chi connectivity index (χ4n) is 3.95. The standard InChI is InChI=1S/C24H25N3OS/c1-29-23-21(13-8-14-25-23)24(28)27-17-15-26(16-18-27)22(19-9-4-2-5-10-19)20-11-6-3-7-12-20/h2-14,22H,15-18H2,1H3. The van der Waals surface area contributed by atoms with Crippen molar-refractivity contribution in [3.63, 3.8) is 0 Å². The van der Waals surface area contributed by atoms with Crippen LogP contribution in [0.5, 0.6) is 0 Å². The molecule has 3 aromatic rings. The zero-order valence-electron chi connectivity index (χ0n) is 16.6. The summed E-state index contributed by atoms with van der Waals surface area (Å²) in [6, 6.07) is 25.2. The van der Waals surface area contributed by atoms with Crippen molar-refractivity contribution in [3.05, 3.63) is 95.7 Å². The Hall–Kier alpha value is -2.63. The van der Waals surface area contributed by atoms with Gasteiger partial charge in [-0.25, -0.2) is 4.98 Å². The Bertz CT molecular complexity index is 901. The summed E-state index contributed by atoms with van der Waals surface area (Å²) in [7, 11) is 0. The molecule has 0 spiro atoms. The van der Waals surface area contributed by atoms with Gasteiger partial charge in [-0.15, -0.1) is 11.8 Å². The molecule has 148 valence electrons. The largest absolute Gasteiger partial charge is 0.336 e. The van der Waals surface area contributed by atoms with E-state index in [1.165, 1.54) is 22.9 Å². The summed E-state index contributed by atoms with van der Waals surface area (Å²) in [5.74, 6) is 0.0815. The Morgan fingerprint density at radius 2 is 1.45 bits per heavy atom. The molecule has 0 saturated carbocycles. The number of carbonyl (C=O) groups is 1. The quantitative estimate of drug-likeness (QED) is 0.594. The van der Waals surface area contributed by atoms with Crippen molar-refractivity contribution in [1.82, 2.24) is 14.8 Å². The topological polar surface area (TPSA) is 36.4 Å². The lowest BCUT2D eigenvalue weighted by molar-refractivity contribution is 0.0593. The van der Waals surface area contributed by atoms with Crippen molar-refractivity contribution >= 4 is 17.7 Å². The summed E-state index contributed by atoms with van der Waals surface area (Å²) in [6.45, 7) is 3.12. The number of pyridine rings is 1. The fourth-order valence-corrected chi connectivity index (χ4v) is 4.50. The molecule has 5 heteroatoms. The van der Waals surface area contributed by atoms with Crippen molar-refractivity contribution in [3.8, 4) is 0 Å². The van der Waals surface area contributed by atoms with Gasteiger partial charge in [-0.1, -0.05) is 60.7 Å². The maximum absolute atomic E-state index is 13.1. The van der Waals surface area contributed by atoms with Gasteiger partial charge in [0.1, 0.15) is 5.03 Å². The van der Waals surface area contributed by atoms with Gasteiger partial charge in [0.25, 0.3) is 5.91 Å². The van der Waals surface area contributed by atoms with Gasteiger partial charge in [0.2, 0.25) is 0 Å². The smallest absolute Gasteiger partial charge is 0.256 e. The van der Waals surface area contributed by atoms with Crippen LogP contribution >= 0.6 is 11.8 Å². The van der Waals surface area contributed by atoms with E-state index in [-0.39, 0.29) is 11.9 Å². The van der Waals surface area contributed by atoms with Gasteiger partial charge in [0.15, 0.2) is 0 Å². The summed E-state index contributed by atoms with van der Waals surface area (Å²) < 4.78 is 0. The highest BCUT2D eigenvalue weighted by Crippen LogP contribution is 2.30. The second-order valence-corrected chi connectivity index (χ2v) is 7.91. The van der Waals surface area contributed by atoms with Crippen LogP contribution in [0.4, 0.5) is 0 Å². The summed E-state index contributed by atoms with van der Waals surface area (Å²) in [6.07, 6.45) is 3.70. The normalized spacial score (nSPS) is 14.9. The summed E-state index contributed by atoms with van der Waals surface area (Å²) in [4.78, 5) is 21.8. The van der Waals surface area contributed by atoms with Crippen LogP contribution in [0.15, 0.2) is 84.0 Å². The molecule has 2 aromatic carbocycles. The third kappa shape index (κ3) is 4.36. The lowest BCUT2D eigenvalue weighted by Crippen LogP contribution is -2.50. The summed E-state index contributed by atoms with van der Waals surface area (Å²) in [5.41, 5.74) is 3.28. The first-order valence-electron chi connectivity index (χ1n) is 9.90. The van der Waals surface area contributed by atoms with E-state index in [1.54, 1.807) is 6.20 Å². The average molecular weight is 404 g/mol. The molecule has 0 unspecified atom stereocenters. The lowest BCUT2D eigenvalue weighted by Gasteiger charge is -2.40. The van der Waals surface area contributed by atoms with E-state index < -0.39 is 0 Å². The number of benzene rings is 2. The number of thioether (sulfide) groups is 1. The highest BCUT2D eigenvalue weighted by Gasteiger charge is 2.29. The lowest BCUT2D eigenvalue weighted by atomic mass is 9.96. The molecule has 1 saturated heterocycles. The van der Waals surface area contributed by atoms with Crippen LogP contribution < -0.4 is 0 Å². The highest BCUT2D eigenvalue weighted by molar-refractivity contribution is 7.98. The number of piperazine rings is 1. The van der Waals surface area contributed by atoms with Crippen LogP contribution in [0.25, 0.3) is 0 Å². The number of aromatic nitrogens is 1. The molecular weight excluding hydrogens is 378 g/mol.